The van der Waals surface area contributed by atoms with Gasteiger partial charge in [-0.1, -0.05) is 18.5 Å². The fraction of sp³-hybridized carbons (Fsp3) is 0.417. The van der Waals surface area contributed by atoms with Crippen LogP contribution in [0.15, 0.2) is 18.2 Å². The number of hydrogen-bond acceptors (Lipinski definition) is 3. The monoisotopic (exact) mass is 242 g/mol. The predicted molar refractivity (Wildman–Crippen MR) is 62.9 cm³/mol. The summed E-state index contributed by atoms with van der Waals surface area (Å²) >= 11 is 5.89. The van der Waals surface area contributed by atoms with E-state index in [1.54, 1.807) is 18.2 Å². The first-order chi connectivity index (χ1) is 7.58. The van der Waals surface area contributed by atoms with Gasteiger partial charge in [0, 0.05) is 5.02 Å². The van der Waals surface area contributed by atoms with E-state index in [1.807, 2.05) is 13.8 Å². The van der Waals surface area contributed by atoms with Crippen LogP contribution in [0.4, 0.5) is 0 Å². The van der Waals surface area contributed by atoms with Crippen molar-refractivity contribution in [3.63, 3.8) is 0 Å². The van der Waals surface area contributed by atoms with Crippen LogP contribution in [-0.4, -0.2) is 19.2 Å². The third kappa shape index (κ3) is 3.14. The van der Waals surface area contributed by atoms with Crippen molar-refractivity contribution in [3.05, 3.63) is 28.8 Å². The van der Waals surface area contributed by atoms with Crippen LogP contribution in [-0.2, 0) is 9.53 Å². The van der Waals surface area contributed by atoms with Gasteiger partial charge in [0.2, 0.25) is 0 Å². The quantitative estimate of drug-likeness (QED) is 0.762. The highest BCUT2D eigenvalue weighted by Gasteiger charge is 2.18. The summed E-state index contributed by atoms with van der Waals surface area (Å²) in [5.41, 5.74) is 0.916. The molecule has 3 nitrogen and oxygen atoms in total. The van der Waals surface area contributed by atoms with E-state index < -0.39 is 6.10 Å². The highest BCUT2D eigenvalue weighted by atomic mass is 35.5. The summed E-state index contributed by atoms with van der Waals surface area (Å²) in [5, 5.41) is 0.679. The van der Waals surface area contributed by atoms with Gasteiger partial charge in [-0.15, -0.1) is 0 Å². The van der Waals surface area contributed by atoms with Gasteiger partial charge in [-0.05, 0) is 37.1 Å². The summed E-state index contributed by atoms with van der Waals surface area (Å²) in [7, 11) is 1.35. The van der Waals surface area contributed by atoms with Crippen molar-refractivity contribution in [2.24, 2.45) is 0 Å². The van der Waals surface area contributed by atoms with Crippen molar-refractivity contribution in [1.82, 2.24) is 0 Å². The molecule has 0 spiro atoms. The van der Waals surface area contributed by atoms with Crippen molar-refractivity contribution >= 4 is 17.6 Å². The lowest BCUT2D eigenvalue weighted by atomic mass is 10.2. The minimum absolute atomic E-state index is 0.366. The number of ether oxygens (including phenoxy) is 2. The Morgan fingerprint density at radius 2 is 2.19 bits per heavy atom. The van der Waals surface area contributed by atoms with E-state index in [0.717, 1.165) is 5.56 Å². The molecular formula is C12H15ClO3. The average Bonchev–Trinajstić information content (AvgIpc) is 2.29. The smallest absolute Gasteiger partial charge is 0.347 e. The van der Waals surface area contributed by atoms with E-state index in [4.69, 9.17) is 16.3 Å². The standard InChI is InChI=1S/C12H15ClO3/c1-4-11(12(14)15-3)16-9-5-6-10(13)8(2)7-9/h5-7,11H,4H2,1-3H3. The fourth-order valence-corrected chi connectivity index (χ4v) is 1.40. The summed E-state index contributed by atoms with van der Waals surface area (Å²) in [5.74, 6) is 0.259. The van der Waals surface area contributed by atoms with Crippen LogP contribution in [0.3, 0.4) is 0 Å². The van der Waals surface area contributed by atoms with Gasteiger partial charge in [0.05, 0.1) is 7.11 Å². The summed E-state index contributed by atoms with van der Waals surface area (Å²) in [6, 6.07) is 5.28. The van der Waals surface area contributed by atoms with E-state index >= 15 is 0 Å². The Labute approximate surface area is 100 Å². The summed E-state index contributed by atoms with van der Waals surface area (Å²) in [4.78, 5) is 11.3. The maximum Gasteiger partial charge on any atom is 0.347 e. The van der Waals surface area contributed by atoms with Gasteiger partial charge in [0.25, 0.3) is 0 Å². The number of methoxy groups -OCH3 is 1. The van der Waals surface area contributed by atoms with Crippen molar-refractivity contribution in [3.8, 4) is 5.75 Å². The van der Waals surface area contributed by atoms with E-state index in [0.29, 0.717) is 17.2 Å². The average molecular weight is 243 g/mol. The van der Waals surface area contributed by atoms with Crippen LogP contribution in [0, 0.1) is 6.92 Å². The summed E-state index contributed by atoms with van der Waals surface area (Å²) < 4.78 is 10.2. The van der Waals surface area contributed by atoms with Crippen LogP contribution in [0.25, 0.3) is 0 Å². The number of halogens is 1. The molecular weight excluding hydrogens is 228 g/mol. The molecule has 1 unspecified atom stereocenters. The molecule has 0 fully saturated rings. The van der Waals surface area contributed by atoms with Gasteiger partial charge >= 0.3 is 5.97 Å². The van der Waals surface area contributed by atoms with Gasteiger partial charge in [-0.2, -0.15) is 0 Å². The van der Waals surface area contributed by atoms with Crippen molar-refractivity contribution in [1.29, 1.82) is 0 Å². The van der Waals surface area contributed by atoms with Crippen LogP contribution in [0.2, 0.25) is 5.02 Å². The van der Waals surface area contributed by atoms with Gasteiger partial charge in [-0.3, -0.25) is 0 Å². The number of carbonyl (C=O) groups is 1. The molecule has 0 saturated heterocycles. The summed E-state index contributed by atoms with van der Waals surface area (Å²) in [6.07, 6.45) is -0.000445. The third-order valence-corrected chi connectivity index (χ3v) is 2.67. The molecule has 0 aliphatic heterocycles. The summed E-state index contributed by atoms with van der Waals surface area (Å²) in [6.45, 7) is 3.75. The molecule has 88 valence electrons. The van der Waals surface area contributed by atoms with Crippen LogP contribution < -0.4 is 4.74 Å². The molecule has 0 aromatic heterocycles. The lowest BCUT2D eigenvalue weighted by Gasteiger charge is -2.15. The molecule has 0 aliphatic carbocycles. The number of esters is 1. The molecule has 0 saturated carbocycles. The Kier molecular flexibility index (Phi) is 4.62. The van der Waals surface area contributed by atoms with E-state index in [-0.39, 0.29) is 5.97 Å². The minimum atomic E-state index is -0.564. The minimum Gasteiger partial charge on any atom is -0.479 e. The second kappa shape index (κ2) is 5.75. The SMILES string of the molecule is CCC(Oc1ccc(Cl)c(C)c1)C(=O)OC. The Balaban J connectivity index is 2.78. The van der Waals surface area contributed by atoms with Gasteiger partial charge in [-0.25, -0.2) is 4.79 Å². The molecule has 4 heteroatoms. The molecule has 0 amide bonds. The number of hydrogen-bond donors (Lipinski definition) is 0. The molecule has 0 heterocycles. The topological polar surface area (TPSA) is 35.5 Å². The molecule has 1 aromatic carbocycles. The van der Waals surface area contributed by atoms with E-state index in [2.05, 4.69) is 4.74 Å². The number of aryl methyl sites for hydroxylation is 1. The molecule has 16 heavy (non-hydrogen) atoms. The Hall–Kier alpha value is -1.22. The van der Waals surface area contributed by atoms with Crippen LogP contribution in [0.5, 0.6) is 5.75 Å². The van der Waals surface area contributed by atoms with E-state index in [1.165, 1.54) is 7.11 Å². The van der Waals surface area contributed by atoms with E-state index in [9.17, 15) is 4.79 Å². The second-order valence-electron chi connectivity index (χ2n) is 3.45. The first-order valence-corrected chi connectivity index (χ1v) is 5.47. The molecule has 1 rings (SSSR count). The Bertz CT molecular complexity index is 377. The zero-order valence-electron chi connectivity index (χ0n) is 9.62. The fourth-order valence-electron chi connectivity index (χ4n) is 1.28. The first-order valence-electron chi connectivity index (χ1n) is 5.09. The zero-order chi connectivity index (χ0) is 12.1. The van der Waals surface area contributed by atoms with Crippen molar-refractivity contribution in [2.45, 2.75) is 26.4 Å². The van der Waals surface area contributed by atoms with Gasteiger partial charge in [0.15, 0.2) is 6.10 Å². The third-order valence-electron chi connectivity index (χ3n) is 2.24. The highest BCUT2D eigenvalue weighted by Crippen LogP contribution is 2.22. The molecule has 0 bridgehead atoms. The first kappa shape index (κ1) is 12.8. The molecule has 0 radical (unpaired) electrons. The highest BCUT2D eigenvalue weighted by molar-refractivity contribution is 6.31. The molecule has 0 aliphatic rings. The maximum absolute atomic E-state index is 11.3. The number of carbonyl (C=O) groups excluding carboxylic acids is 1. The number of rotatable bonds is 4. The second-order valence-corrected chi connectivity index (χ2v) is 3.86. The van der Waals surface area contributed by atoms with Crippen LogP contribution in [0.1, 0.15) is 18.9 Å². The van der Waals surface area contributed by atoms with Crippen LogP contribution >= 0.6 is 11.6 Å². The number of benzene rings is 1. The predicted octanol–water partition coefficient (Wildman–Crippen LogP) is 2.98. The zero-order valence-corrected chi connectivity index (χ0v) is 10.4. The molecule has 0 N–H and O–H groups in total. The normalized spacial score (nSPS) is 12.0. The molecule has 1 aromatic rings. The van der Waals surface area contributed by atoms with Crippen molar-refractivity contribution in [2.75, 3.05) is 7.11 Å². The Morgan fingerprint density at radius 3 is 2.69 bits per heavy atom. The lowest BCUT2D eigenvalue weighted by molar-refractivity contribution is -0.148. The van der Waals surface area contributed by atoms with Gasteiger partial charge < -0.3 is 9.47 Å². The molecule has 1 atom stereocenters. The maximum atomic E-state index is 11.3. The van der Waals surface area contributed by atoms with Gasteiger partial charge in [0.1, 0.15) is 5.75 Å². The Morgan fingerprint density at radius 1 is 1.50 bits per heavy atom. The lowest BCUT2D eigenvalue weighted by Crippen LogP contribution is -2.27. The largest absolute Gasteiger partial charge is 0.479 e. The van der Waals surface area contributed by atoms with Crippen molar-refractivity contribution < 1.29 is 14.3 Å².